The van der Waals surface area contributed by atoms with Crippen molar-refractivity contribution in [3.05, 3.63) is 89.8 Å². The Morgan fingerprint density at radius 2 is 1.73 bits per heavy atom. The van der Waals surface area contributed by atoms with Crippen LogP contribution in [0.5, 0.6) is 5.75 Å². The third-order valence-electron chi connectivity index (χ3n) is 5.01. The summed E-state index contributed by atoms with van der Waals surface area (Å²) in [6, 6.07) is 14.2. The lowest BCUT2D eigenvalue weighted by molar-refractivity contribution is 0.0949. The first-order valence-electron chi connectivity index (χ1n) is 10.2. The lowest BCUT2D eigenvalue weighted by Crippen LogP contribution is -2.25. The summed E-state index contributed by atoms with van der Waals surface area (Å²) in [7, 11) is 0. The Bertz CT molecular complexity index is 1320. The Morgan fingerprint density at radius 1 is 0.970 bits per heavy atom. The minimum Gasteiger partial charge on any atom is -0.507 e. The number of phenols is 1. The molecule has 0 aliphatic carbocycles. The van der Waals surface area contributed by atoms with Gasteiger partial charge in [0.25, 0.3) is 11.8 Å². The number of rotatable bonds is 7. The zero-order valence-electron chi connectivity index (χ0n) is 17.4. The molecule has 1 heterocycles. The van der Waals surface area contributed by atoms with E-state index < -0.39 is 23.4 Å². The number of halogens is 2. The molecule has 0 aliphatic rings. The molecular formula is C24H20F2N4O3. The largest absolute Gasteiger partial charge is 0.507 e. The minimum atomic E-state index is -0.878. The number of anilines is 1. The lowest BCUT2D eigenvalue weighted by atomic mass is 10.1. The number of hydrogen-bond acceptors (Lipinski definition) is 4. The van der Waals surface area contributed by atoms with Gasteiger partial charge in [-0.3, -0.25) is 9.59 Å². The number of carbonyl (C=O) groups is 2. The molecule has 0 atom stereocenters. The van der Waals surface area contributed by atoms with Crippen LogP contribution in [0, 0.1) is 11.6 Å². The van der Waals surface area contributed by atoms with E-state index >= 15 is 0 Å². The third kappa shape index (κ3) is 5.15. The van der Waals surface area contributed by atoms with Gasteiger partial charge in [0, 0.05) is 36.5 Å². The number of hydrogen-bond donors (Lipinski definition) is 3. The van der Waals surface area contributed by atoms with Gasteiger partial charge in [0.05, 0.1) is 22.9 Å². The van der Waals surface area contributed by atoms with Crippen LogP contribution < -0.4 is 10.6 Å². The van der Waals surface area contributed by atoms with Crippen molar-refractivity contribution in [3.8, 4) is 5.75 Å². The van der Waals surface area contributed by atoms with Gasteiger partial charge in [-0.1, -0.05) is 12.1 Å². The summed E-state index contributed by atoms with van der Waals surface area (Å²) in [6.45, 7) is 1.05. The number of para-hydroxylation sites is 2. The van der Waals surface area contributed by atoms with Crippen LogP contribution in [0.25, 0.3) is 11.0 Å². The standard InChI is InChI=1S/C24H20F2N4O3/c25-16-10-15(11-17(26)12-16)23(32)29-18-6-7-19(22(31)13-18)24(33)27-8-3-9-30-14-28-20-4-1-2-5-21(20)30/h1-2,4-7,10-14,31H,3,8-9H2,(H,27,33)(H,29,32). The van der Waals surface area contributed by atoms with E-state index in [1.165, 1.54) is 18.2 Å². The van der Waals surface area contributed by atoms with Gasteiger partial charge in [0.15, 0.2) is 0 Å². The number of imidazole rings is 1. The maximum atomic E-state index is 13.3. The summed E-state index contributed by atoms with van der Waals surface area (Å²) >= 11 is 0. The first-order valence-corrected chi connectivity index (χ1v) is 10.2. The number of fused-ring (bicyclic) bond motifs is 1. The number of aryl methyl sites for hydroxylation is 1. The number of nitrogens with zero attached hydrogens (tertiary/aromatic N) is 2. The van der Waals surface area contributed by atoms with Gasteiger partial charge in [-0.05, 0) is 42.8 Å². The van der Waals surface area contributed by atoms with Gasteiger partial charge in [-0.25, -0.2) is 13.8 Å². The van der Waals surface area contributed by atoms with E-state index in [9.17, 15) is 23.5 Å². The van der Waals surface area contributed by atoms with Gasteiger partial charge in [0.1, 0.15) is 17.4 Å². The van der Waals surface area contributed by atoms with Crippen molar-refractivity contribution in [1.29, 1.82) is 0 Å². The zero-order chi connectivity index (χ0) is 23.4. The van der Waals surface area contributed by atoms with Crippen molar-refractivity contribution in [2.75, 3.05) is 11.9 Å². The quantitative estimate of drug-likeness (QED) is 0.370. The van der Waals surface area contributed by atoms with Crippen LogP contribution in [0.15, 0.2) is 67.0 Å². The van der Waals surface area contributed by atoms with Crippen LogP contribution in [0.4, 0.5) is 14.5 Å². The fourth-order valence-corrected chi connectivity index (χ4v) is 3.42. The zero-order valence-corrected chi connectivity index (χ0v) is 17.4. The van der Waals surface area contributed by atoms with Crippen molar-refractivity contribution in [1.82, 2.24) is 14.9 Å². The van der Waals surface area contributed by atoms with Gasteiger partial charge in [-0.15, -0.1) is 0 Å². The number of carbonyl (C=O) groups excluding carboxylic acids is 2. The number of phenolic OH excluding ortho intramolecular Hbond substituents is 1. The minimum absolute atomic E-state index is 0.0397. The highest BCUT2D eigenvalue weighted by Gasteiger charge is 2.14. The molecule has 9 heteroatoms. The molecule has 168 valence electrons. The van der Waals surface area contributed by atoms with Crippen LogP contribution >= 0.6 is 0 Å². The average Bonchev–Trinajstić information content (AvgIpc) is 3.19. The lowest BCUT2D eigenvalue weighted by Gasteiger charge is -2.10. The molecule has 0 saturated heterocycles. The van der Waals surface area contributed by atoms with E-state index in [1.807, 2.05) is 28.8 Å². The van der Waals surface area contributed by atoms with Gasteiger partial charge in [-0.2, -0.15) is 0 Å². The molecule has 0 unspecified atom stereocenters. The number of benzene rings is 3. The molecule has 4 aromatic rings. The molecule has 4 rings (SSSR count). The molecule has 3 aromatic carbocycles. The summed E-state index contributed by atoms with van der Waals surface area (Å²) in [5.41, 5.74) is 1.92. The van der Waals surface area contributed by atoms with Crippen molar-refractivity contribution in [2.24, 2.45) is 0 Å². The van der Waals surface area contributed by atoms with Gasteiger partial charge < -0.3 is 20.3 Å². The fourth-order valence-electron chi connectivity index (χ4n) is 3.42. The molecule has 3 N–H and O–H groups in total. The molecule has 0 saturated carbocycles. The second-order valence-corrected chi connectivity index (χ2v) is 7.38. The summed E-state index contributed by atoms with van der Waals surface area (Å²) < 4.78 is 28.6. The maximum absolute atomic E-state index is 13.3. The second kappa shape index (κ2) is 9.47. The van der Waals surface area contributed by atoms with Crippen LogP contribution in [0.1, 0.15) is 27.1 Å². The molecule has 0 aliphatic heterocycles. The van der Waals surface area contributed by atoms with Crippen LogP contribution in [0.3, 0.4) is 0 Å². The number of amides is 2. The van der Waals surface area contributed by atoms with Crippen molar-refractivity contribution in [3.63, 3.8) is 0 Å². The van der Waals surface area contributed by atoms with E-state index in [0.717, 1.165) is 23.2 Å². The Hall–Kier alpha value is -4.27. The highest BCUT2D eigenvalue weighted by Crippen LogP contribution is 2.23. The van der Waals surface area contributed by atoms with Crippen molar-refractivity contribution in [2.45, 2.75) is 13.0 Å². The van der Waals surface area contributed by atoms with Crippen LogP contribution in [-0.2, 0) is 6.54 Å². The van der Waals surface area contributed by atoms with Crippen molar-refractivity contribution < 1.29 is 23.5 Å². The monoisotopic (exact) mass is 450 g/mol. The topological polar surface area (TPSA) is 96.3 Å². The molecule has 2 amide bonds. The predicted octanol–water partition coefficient (Wildman–Crippen LogP) is 4.09. The normalized spacial score (nSPS) is 10.8. The second-order valence-electron chi connectivity index (χ2n) is 7.38. The van der Waals surface area contributed by atoms with Crippen LogP contribution in [-0.4, -0.2) is 33.0 Å². The van der Waals surface area contributed by atoms with E-state index in [2.05, 4.69) is 15.6 Å². The summed E-state index contributed by atoms with van der Waals surface area (Å²) in [6.07, 6.45) is 2.41. The molecule has 0 fully saturated rings. The number of aromatic hydroxyl groups is 1. The van der Waals surface area contributed by atoms with Gasteiger partial charge in [0.2, 0.25) is 0 Å². The molecule has 0 spiro atoms. The van der Waals surface area contributed by atoms with Crippen molar-refractivity contribution >= 4 is 28.5 Å². The molecule has 0 bridgehead atoms. The molecule has 0 radical (unpaired) electrons. The summed E-state index contributed by atoms with van der Waals surface area (Å²) in [4.78, 5) is 28.9. The summed E-state index contributed by atoms with van der Waals surface area (Å²) in [5.74, 6) is -3.31. The maximum Gasteiger partial charge on any atom is 0.255 e. The fraction of sp³-hybridized carbons (Fsp3) is 0.125. The molecule has 1 aromatic heterocycles. The average molecular weight is 450 g/mol. The Labute approximate surface area is 187 Å². The molecule has 7 nitrogen and oxygen atoms in total. The Kier molecular flexibility index (Phi) is 6.30. The smallest absolute Gasteiger partial charge is 0.255 e. The van der Waals surface area contributed by atoms with E-state index in [4.69, 9.17) is 0 Å². The Morgan fingerprint density at radius 3 is 2.48 bits per heavy atom. The number of aromatic nitrogens is 2. The van der Waals surface area contributed by atoms with E-state index in [1.54, 1.807) is 6.33 Å². The third-order valence-corrected chi connectivity index (χ3v) is 5.01. The molecular weight excluding hydrogens is 430 g/mol. The van der Waals surface area contributed by atoms with E-state index in [-0.39, 0.29) is 22.6 Å². The molecule has 33 heavy (non-hydrogen) atoms. The predicted molar refractivity (Wildman–Crippen MR) is 119 cm³/mol. The highest BCUT2D eigenvalue weighted by molar-refractivity contribution is 6.05. The first-order chi connectivity index (χ1) is 15.9. The SMILES string of the molecule is O=C(Nc1ccc(C(=O)NCCCn2cnc3ccccc32)c(O)c1)c1cc(F)cc(F)c1. The summed E-state index contributed by atoms with van der Waals surface area (Å²) in [5, 5.41) is 15.4. The Balaban J connectivity index is 1.32. The highest BCUT2D eigenvalue weighted by atomic mass is 19.1. The van der Waals surface area contributed by atoms with Gasteiger partial charge >= 0.3 is 0 Å². The van der Waals surface area contributed by atoms with Crippen LogP contribution in [0.2, 0.25) is 0 Å². The first kappa shape index (κ1) is 21.9. The number of nitrogens with one attached hydrogen (secondary N) is 2. The van der Waals surface area contributed by atoms with E-state index in [0.29, 0.717) is 25.6 Å².